The van der Waals surface area contributed by atoms with Crippen LogP contribution >= 0.6 is 22.7 Å². The second-order valence-electron chi connectivity index (χ2n) is 7.38. The molecule has 6 nitrogen and oxygen atoms in total. The van der Waals surface area contributed by atoms with Crippen molar-refractivity contribution in [3.8, 4) is 11.3 Å². The third-order valence-corrected chi connectivity index (χ3v) is 6.94. The van der Waals surface area contributed by atoms with Gasteiger partial charge >= 0.3 is 0 Å². The number of hydrogen-bond donors (Lipinski definition) is 2. The maximum atomic E-state index is 12.4. The summed E-state index contributed by atoms with van der Waals surface area (Å²) in [6, 6.07) is 6.23. The summed E-state index contributed by atoms with van der Waals surface area (Å²) in [5.41, 5.74) is 5.11. The van der Waals surface area contributed by atoms with E-state index in [1.807, 2.05) is 19.2 Å². The van der Waals surface area contributed by atoms with Gasteiger partial charge in [-0.3, -0.25) is 9.59 Å². The van der Waals surface area contributed by atoms with Crippen LogP contribution in [0.4, 0.5) is 5.13 Å². The number of aryl methyl sites for hydroxylation is 5. The van der Waals surface area contributed by atoms with Crippen molar-refractivity contribution in [2.45, 2.75) is 40.5 Å². The summed E-state index contributed by atoms with van der Waals surface area (Å²) in [6.07, 6.45) is 0.582. The van der Waals surface area contributed by atoms with Crippen LogP contribution in [-0.4, -0.2) is 20.9 Å². The third kappa shape index (κ3) is 4.06. The van der Waals surface area contributed by atoms with Gasteiger partial charge in [0.1, 0.15) is 10.7 Å². The van der Waals surface area contributed by atoms with Gasteiger partial charge in [-0.2, -0.15) is 0 Å². The van der Waals surface area contributed by atoms with Gasteiger partial charge in [-0.05, 0) is 38.8 Å². The Morgan fingerprint density at radius 2 is 1.97 bits per heavy atom. The lowest BCUT2D eigenvalue weighted by Crippen LogP contribution is -2.16. The Morgan fingerprint density at radius 3 is 2.73 bits per heavy atom. The van der Waals surface area contributed by atoms with Crippen LogP contribution in [0.5, 0.6) is 0 Å². The molecular formula is C22H22N4O2S2. The van der Waals surface area contributed by atoms with Crippen molar-refractivity contribution in [1.82, 2.24) is 15.0 Å². The van der Waals surface area contributed by atoms with E-state index in [0.717, 1.165) is 32.1 Å². The topological polar surface area (TPSA) is 87.7 Å². The molecule has 0 spiro atoms. The molecular weight excluding hydrogens is 416 g/mol. The molecule has 0 saturated carbocycles. The van der Waals surface area contributed by atoms with E-state index < -0.39 is 0 Å². The van der Waals surface area contributed by atoms with Crippen LogP contribution in [0.15, 0.2) is 28.4 Å². The average molecular weight is 439 g/mol. The quantitative estimate of drug-likeness (QED) is 0.463. The van der Waals surface area contributed by atoms with E-state index >= 15 is 0 Å². The molecule has 3 heterocycles. The molecule has 0 radical (unpaired) electrons. The van der Waals surface area contributed by atoms with Gasteiger partial charge in [0.2, 0.25) is 5.91 Å². The number of H-pyrrole nitrogens is 1. The van der Waals surface area contributed by atoms with Crippen molar-refractivity contribution in [2.24, 2.45) is 0 Å². The lowest BCUT2D eigenvalue weighted by Gasteiger charge is -2.04. The van der Waals surface area contributed by atoms with E-state index in [-0.39, 0.29) is 17.9 Å². The molecule has 1 amide bonds. The Labute approximate surface area is 182 Å². The van der Waals surface area contributed by atoms with Crippen LogP contribution in [0.25, 0.3) is 21.5 Å². The molecule has 0 aliphatic carbocycles. The number of aromatic amines is 1. The molecule has 0 atom stereocenters. The number of rotatable bonds is 5. The molecule has 30 heavy (non-hydrogen) atoms. The van der Waals surface area contributed by atoms with Crippen molar-refractivity contribution in [3.63, 3.8) is 0 Å². The van der Waals surface area contributed by atoms with Gasteiger partial charge in [0.05, 0.1) is 11.1 Å². The molecule has 4 rings (SSSR count). The minimum absolute atomic E-state index is 0.143. The van der Waals surface area contributed by atoms with E-state index in [1.54, 1.807) is 0 Å². The number of nitrogens with one attached hydrogen (secondary N) is 2. The molecule has 154 valence electrons. The summed E-state index contributed by atoms with van der Waals surface area (Å²) in [4.78, 5) is 38.4. The predicted molar refractivity (Wildman–Crippen MR) is 124 cm³/mol. The van der Waals surface area contributed by atoms with Gasteiger partial charge in [0, 0.05) is 28.7 Å². The summed E-state index contributed by atoms with van der Waals surface area (Å²) in [7, 11) is 0. The first-order valence-corrected chi connectivity index (χ1v) is 11.3. The number of amides is 1. The highest BCUT2D eigenvalue weighted by Gasteiger charge is 2.14. The molecule has 0 unspecified atom stereocenters. The van der Waals surface area contributed by atoms with Crippen LogP contribution in [0.2, 0.25) is 0 Å². The number of carbonyl (C=O) groups is 1. The summed E-state index contributed by atoms with van der Waals surface area (Å²) in [6.45, 7) is 8.03. The predicted octanol–water partition coefficient (Wildman–Crippen LogP) is 4.91. The van der Waals surface area contributed by atoms with Gasteiger partial charge in [-0.1, -0.05) is 23.8 Å². The van der Waals surface area contributed by atoms with E-state index in [1.165, 1.54) is 28.2 Å². The second kappa shape index (κ2) is 8.12. The Hall–Kier alpha value is -2.84. The van der Waals surface area contributed by atoms with Crippen LogP contribution in [0, 0.1) is 27.7 Å². The molecule has 2 N–H and O–H groups in total. The molecule has 3 aromatic heterocycles. The number of benzene rings is 1. The molecule has 0 aliphatic rings. The molecule has 1 aromatic carbocycles. The minimum Gasteiger partial charge on any atom is -0.310 e. The Morgan fingerprint density at radius 1 is 1.17 bits per heavy atom. The van der Waals surface area contributed by atoms with E-state index in [9.17, 15) is 9.59 Å². The second-order valence-corrected chi connectivity index (χ2v) is 9.44. The van der Waals surface area contributed by atoms with Gasteiger partial charge in [-0.15, -0.1) is 22.7 Å². The van der Waals surface area contributed by atoms with Crippen molar-refractivity contribution in [3.05, 3.63) is 61.3 Å². The largest absolute Gasteiger partial charge is 0.310 e. The number of nitrogens with zero attached hydrogens (tertiary/aromatic N) is 2. The van der Waals surface area contributed by atoms with Crippen LogP contribution in [0.1, 0.15) is 33.8 Å². The maximum Gasteiger partial charge on any atom is 0.259 e. The fourth-order valence-electron chi connectivity index (χ4n) is 3.39. The number of carbonyl (C=O) groups excluding carboxylic acids is 1. The average Bonchev–Trinajstić information content (AvgIpc) is 3.24. The number of anilines is 1. The number of aromatic nitrogens is 3. The molecule has 8 heteroatoms. The maximum absolute atomic E-state index is 12.4. The van der Waals surface area contributed by atoms with Gasteiger partial charge in [0.15, 0.2) is 5.13 Å². The highest BCUT2D eigenvalue weighted by molar-refractivity contribution is 7.18. The Bertz CT molecular complexity index is 1320. The van der Waals surface area contributed by atoms with Crippen molar-refractivity contribution >= 4 is 43.9 Å². The Kier molecular flexibility index (Phi) is 5.53. The lowest BCUT2D eigenvalue weighted by molar-refractivity contribution is -0.116. The normalized spacial score (nSPS) is 11.2. The smallest absolute Gasteiger partial charge is 0.259 e. The zero-order valence-electron chi connectivity index (χ0n) is 17.3. The monoisotopic (exact) mass is 438 g/mol. The SMILES string of the molecule is Cc1ccc(-c2csc(NC(=O)CCc3nc4sc(C)c(C)c4c(=O)[nH]3)n2)c(C)c1. The summed E-state index contributed by atoms with van der Waals surface area (Å²) < 4.78 is 0. The van der Waals surface area contributed by atoms with E-state index in [4.69, 9.17) is 0 Å². The molecule has 0 bridgehead atoms. The number of hydrogen-bond acceptors (Lipinski definition) is 6. The van der Waals surface area contributed by atoms with Crippen LogP contribution in [-0.2, 0) is 11.2 Å². The van der Waals surface area contributed by atoms with E-state index in [0.29, 0.717) is 22.8 Å². The van der Waals surface area contributed by atoms with Gasteiger partial charge in [0.25, 0.3) is 5.56 Å². The summed E-state index contributed by atoms with van der Waals surface area (Å²) >= 11 is 2.91. The Balaban J connectivity index is 1.43. The zero-order valence-corrected chi connectivity index (χ0v) is 18.9. The van der Waals surface area contributed by atoms with Crippen LogP contribution in [0.3, 0.4) is 0 Å². The van der Waals surface area contributed by atoms with Gasteiger partial charge < -0.3 is 10.3 Å². The summed E-state index contributed by atoms with van der Waals surface area (Å²) in [5, 5.41) is 6.01. The first kappa shape index (κ1) is 20.4. The minimum atomic E-state index is -0.155. The standard InChI is InChI=1S/C22H22N4O2S2/c1-11-5-6-15(12(2)9-11)16-10-29-22(23-16)26-18(27)8-7-17-24-20(28)19-13(3)14(4)30-21(19)25-17/h5-6,9-10H,7-8H2,1-4H3,(H,23,26,27)(H,24,25,28). The zero-order chi connectivity index (χ0) is 21.4. The molecule has 4 aromatic rings. The van der Waals surface area contributed by atoms with Crippen molar-refractivity contribution in [1.29, 1.82) is 0 Å². The molecule has 0 fully saturated rings. The van der Waals surface area contributed by atoms with Crippen molar-refractivity contribution in [2.75, 3.05) is 5.32 Å². The van der Waals surface area contributed by atoms with Gasteiger partial charge in [-0.25, -0.2) is 9.97 Å². The fourth-order valence-corrected chi connectivity index (χ4v) is 5.16. The first-order valence-electron chi connectivity index (χ1n) is 9.63. The lowest BCUT2D eigenvalue weighted by atomic mass is 10.0. The number of thiophene rings is 1. The number of thiazole rings is 1. The number of fused-ring (bicyclic) bond motifs is 1. The van der Waals surface area contributed by atoms with Crippen LogP contribution < -0.4 is 10.9 Å². The van der Waals surface area contributed by atoms with Crippen molar-refractivity contribution < 1.29 is 4.79 Å². The highest BCUT2D eigenvalue weighted by Crippen LogP contribution is 2.28. The van der Waals surface area contributed by atoms with E-state index in [2.05, 4.69) is 52.3 Å². The molecule has 0 saturated heterocycles. The molecule has 0 aliphatic heterocycles. The fraction of sp³-hybridized carbons (Fsp3) is 0.273. The highest BCUT2D eigenvalue weighted by atomic mass is 32.1. The summed E-state index contributed by atoms with van der Waals surface area (Å²) in [5.74, 6) is 0.372. The first-order chi connectivity index (χ1) is 14.3. The third-order valence-electron chi connectivity index (χ3n) is 5.09.